The predicted octanol–water partition coefficient (Wildman–Crippen LogP) is 5.32. The Bertz CT molecular complexity index is 809. The van der Waals surface area contributed by atoms with E-state index in [1.165, 1.54) is 0 Å². The van der Waals surface area contributed by atoms with Crippen molar-refractivity contribution < 1.29 is 4.79 Å². The quantitative estimate of drug-likeness (QED) is 0.631. The molecule has 1 amide bonds. The van der Waals surface area contributed by atoms with Crippen LogP contribution in [0, 0.1) is 0 Å². The minimum absolute atomic E-state index is 0.129. The van der Waals surface area contributed by atoms with E-state index in [4.69, 9.17) is 0 Å². The van der Waals surface area contributed by atoms with Gasteiger partial charge in [-0.05, 0) is 35.0 Å². The lowest BCUT2D eigenvalue weighted by molar-refractivity contribution is -0.111. The van der Waals surface area contributed by atoms with Gasteiger partial charge in [-0.3, -0.25) is 4.79 Å². The smallest absolute Gasteiger partial charge is 0.248 e. The fourth-order valence-electron chi connectivity index (χ4n) is 2.09. The van der Waals surface area contributed by atoms with Gasteiger partial charge in [0.25, 0.3) is 0 Å². The van der Waals surface area contributed by atoms with E-state index in [1.54, 1.807) is 17.4 Å². The Morgan fingerprint density at radius 3 is 2.62 bits per heavy atom. The molecule has 2 nitrogen and oxygen atoms in total. The maximum absolute atomic E-state index is 12.0. The molecular formula is C17H12BrNOS. The van der Waals surface area contributed by atoms with Gasteiger partial charge < -0.3 is 5.32 Å². The van der Waals surface area contributed by atoms with E-state index in [0.29, 0.717) is 0 Å². The second-order valence-corrected chi connectivity index (χ2v) is 6.31. The third kappa shape index (κ3) is 3.23. The molecule has 0 aliphatic heterocycles. The largest absolute Gasteiger partial charge is 0.322 e. The number of anilines is 1. The van der Waals surface area contributed by atoms with Gasteiger partial charge in [0.15, 0.2) is 0 Å². The molecule has 0 saturated carbocycles. The van der Waals surface area contributed by atoms with Crippen LogP contribution in [0.15, 0.2) is 64.5 Å². The molecule has 1 heterocycles. The first kappa shape index (κ1) is 14.0. The van der Waals surface area contributed by atoms with Gasteiger partial charge >= 0.3 is 0 Å². The van der Waals surface area contributed by atoms with Crippen molar-refractivity contribution in [2.24, 2.45) is 0 Å². The molecule has 0 spiro atoms. The average Bonchev–Trinajstić information content (AvgIpc) is 3.02. The number of hydrogen-bond acceptors (Lipinski definition) is 2. The number of nitrogens with one attached hydrogen (secondary N) is 1. The first-order valence-electron chi connectivity index (χ1n) is 6.44. The van der Waals surface area contributed by atoms with Crippen LogP contribution in [0.5, 0.6) is 0 Å². The highest BCUT2D eigenvalue weighted by atomic mass is 79.9. The van der Waals surface area contributed by atoms with Crippen molar-refractivity contribution in [2.45, 2.75) is 0 Å². The van der Waals surface area contributed by atoms with Crippen molar-refractivity contribution in [3.05, 3.63) is 69.3 Å². The molecule has 4 heteroatoms. The molecule has 0 unspecified atom stereocenters. The summed E-state index contributed by atoms with van der Waals surface area (Å²) >= 11 is 5.13. The van der Waals surface area contributed by atoms with Crippen LogP contribution in [-0.4, -0.2) is 5.91 Å². The molecule has 0 radical (unpaired) electrons. The minimum atomic E-state index is -0.129. The van der Waals surface area contributed by atoms with Crippen LogP contribution < -0.4 is 5.32 Å². The lowest BCUT2D eigenvalue weighted by atomic mass is 10.1. The predicted molar refractivity (Wildman–Crippen MR) is 93.6 cm³/mol. The standard InChI is InChI=1S/C17H12BrNOS/c18-15-8-9-16(14-6-2-1-5-13(14)15)19-17(20)10-7-12-4-3-11-21-12/h1-11H,(H,19,20)/b10-7+. The summed E-state index contributed by atoms with van der Waals surface area (Å²) in [5.74, 6) is -0.129. The molecule has 104 valence electrons. The number of amides is 1. The molecule has 2 aromatic carbocycles. The second-order valence-electron chi connectivity index (χ2n) is 4.48. The number of rotatable bonds is 3. The third-order valence-corrected chi connectivity index (χ3v) is 4.60. The molecule has 0 atom stereocenters. The van der Waals surface area contributed by atoms with E-state index in [1.807, 2.05) is 60.0 Å². The molecule has 1 N–H and O–H groups in total. The zero-order valence-electron chi connectivity index (χ0n) is 11.0. The third-order valence-electron chi connectivity index (χ3n) is 3.07. The van der Waals surface area contributed by atoms with Crippen molar-refractivity contribution in [1.29, 1.82) is 0 Å². The van der Waals surface area contributed by atoms with Crippen LogP contribution in [0.3, 0.4) is 0 Å². The van der Waals surface area contributed by atoms with Crippen molar-refractivity contribution in [3.8, 4) is 0 Å². The Kier molecular flexibility index (Phi) is 4.18. The summed E-state index contributed by atoms with van der Waals surface area (Å²) in [6.45, 7) is 0. The number of benzene rings is 2. The van der Waals surface area contributed by atoms with Crippen molar-refractivity contribution in [3.63, 3.8) is 0 Å². The molecule has 0 saturated heterocycles. The molecule has 1 aromatic heterocycles. The van der Waals surface area contributed by atoms with Crippen LogP contribution in [0.25, 0.3) is 16.8 Å². The summed E-state index contributed by atoms with van der Waals surface area (Å²) in [6.07, 6.45) is 3.38. The fourth-order valence-corrected chi connectivity index (χ4v) is 3.19. The number of carbonyl (C=O) groups is 1. The normalized spacial score (nSPS) is 11.1. The summed E-state index contributed by atoms with van der Waals surface area (Å²) in [6, 6.07) is 15.8. The highest BCUT2D eigenvalue weighted by molar-refractivity contribution is 9.10. The van der Waals surface area contributed by atoms with E-state index >= 15 is 0 Å². The summed E-state index contributed by atoms with van der Waals surface area (Å²) in [7, 11) is 0. The Balaban J connectivity index is 1.85. The van der Waals surface area contributed by atoms with Crippen LogP contribution in [0.2, 0.25) is 0 Å². The van der Waals surface area contributed by atoms with Gasteiger partial charge in [-0.25, -0.2) is 0 Å². The molecular weight excluding hydrogens is 346 g/mol. The average molecular weight is 358 g/mol. The van der Waals surface area contributed by atoms with Gasteiger partial charge in [-0.1, -0.05) is 46.3 Å². The Morgan fingerprint density at radius 1 is 1.05 bits per heavy atom. The maximum atomic E-state index is 12.0. The zero-order chi connectivity index (χ0) is 14.7. The van der Waals surface area contributed by atoms with Gasteiger partial charge in [0, 0.05) is 26.5 Å². The summed E-state index contributed by atoms with van der Waals surface area (Å²) in [5.41, 5.74) is 0.814. The van der Waals surface area contributed by atoms with Gasteiger partial charge in [0.1, 0.15) is 0 Å². The van der Waals surface area contributed by atoms with Gasteiger partial charge in [-0.15, -0.1) is 11.3 Å². The number of fused-ring (bicyclic) bond motifs is 1. The maximum Gasteiger partial charge on any atom is 0.248 e. The second kappa shape index (κ2) is 6.24. The lowest BCUT2D eigenvalue weighted by Gasteiger charge is -2.08. The lowest BCUT2D eigenvalue weighted by Crippen LogP contribution is -2.08. The van der Waals surface area contributed by atoms with Crippen molar-refractivity contribution in [1.82, 2.24) is 0 Å². The summed E-state index contributed by atoms with van der Waals surface area (Å²) in [4.78, 5) is 13.1. The zero-order valence-corrected chi connectivity index (χ0v) is 13.4. The van der Waals surface area contributed by atoms with Crippen LogP contribution >= 0.6 is 27.3 Å². The SMILES string of the molecule is O=C(/C=C/c1cccs1)Nc1ccc(Br)c2ccccc12. The Labute approximate surface area is 135 Å². The van der Waals surface area contributed by atoms with E-state index in [-0.39, 0.29) is 5.91 Å². The molecule has 3 rings (SSSR count). The van der Waals surface area contributed by atoms with E-state index < -0.39 is 0 Å². The highest BCUT2D eigenvalue weighted by Gasteiger charge is 2.05. The summed E-state index contributed by atoms with van der Waals surface area (Å²) < 4.78 is 1.02. The van der Waals surface area contributed by atoms with Crippen LogP contribution in [-0.2, 0) is 4.79 Å². The van der Waals surface area contributed by atoms with Gasteiger partial charge in [0.05, 0.1) is 0 Å². The topological polar surface area (TPSA) is 29.1 Å². The monoisotopic (exact) mass is 357 g/mol. The number of carbonyl (C=O) groups excluding carboxylic acids is 1. The Hall–Kier alpha value is -1.91. The van der Waals surface area contributed by atoms with Gasteiger partial charge in [0.2, 0.25) is 5.91 Å². The fraction of sp³-hybridized carbons (Fsp3) is 0. The number of halogens is 1. The van der Waals surface area contributed by atoms with Gasteiger partial charge in [-0.2, -0.15) is 0 Å². The first-order valence-corrected chi connectivity index (χ1v) is 8.11. The molecule has 3 aromatic rings. The van der Waals surface area contributed by atoms with Crippen LogP contribution in [0.4, 0.5) is 5.69 Å². The van der Waals surface area contributed by atoms with Crippen molar-refractivity contribution >= 4 is 55.7 Å². The van der Waals surface area contributed by atoms with E-state index in [9.17, 15) is 4.79 Å². The Morgan fingerprint density at radius 2 is 1.86 bits per heavy atom. The van der Waals surface area contributed by atoms with Crippen LogP contribution in [0.1, 0.15) is 4.88 Å². The van der Waals surface area contributed by atoms with E-state index in [0.717, 1.165) is 25.8 Å². The molecule has 0 aliphatic carbocycles. The molecule has 0 fully saturated rings. The minimum Gasteiger partial charge on any atom is -0.322 e. The highest BCUT2D eigenvalue weighted by Crippen LogP contribution is 2.29. The molecule has 21 heavy (non-hydrogen) atoms. The number of thiophene rings is 1. The molecule has 0 bridgehead atoms. The number of hydrogen-bond donors (Lipinski definition) is 1. The van der Waals surface area contributed by atoms with Crippen molar-refractivity contribution in [2.75, 3.05) is 5.32 Å². The first-order chi connectivity index (χ1) is 10.2. The summed E-state index contributed by atoms with van der Waals surface area (Å²) in [5, 5.41) is 7.02. The van der Waals surface area contributed by atoms with E-state index in [2.05, 4.69) is 21.2 Å². The molecule has 0 aliphatic rings.